The molecule has 45 nitrogen and oxygen atoms in total. The molecule has 0 aliphatic carbocycles. The number of nitrogens with zero attached hydrogens (tertiary/aromatic N) is 1. The van der Waals surface area contributed by atoms with Crippen molar-refractivity contribution in [2.75, 3.05) is 58.1 Å². The number of unbranched alkanes of at least 4 members (excludes halogenated alkanes) is 1. The highest BCUT2D eigenvalue weighted by atomic mass is 32.2. The molecule has 0 bridgehead atoms. The Bertz CT molecular complexity index is 3310. The zero-order valence-corrected chi connectivity index (χ0v) is 69.4. The molecule has 46 heteroatoms. The van der Waals surface area contributed by atoms with Crippen LogP contribution < -0.4 is 103 Å². The lowest BCUT2D eigenvalue weighted by molar-refractivity contribution is -0.143. The molecule has 0 heterocycles. The molecule has 668 valence electrons. The number of nitrogens with two attached hydrogens (primary N) is 4. The first-order valence-corrected chi connectivity index (χ1v) is 39.9. The van der Waals surface area contributed by atoms with E-state index in [0.717, 1.165) is 13.8 Å². The monoisotopic (exact) mass is 1690 g/mol. The van der Waals surface area contributed by atoms with Crippen LogP contribution in [0.3, 0.4) is 0 Å². The number of carboxylic acids is 2. The molecular weight excluding hydrogens is 1560 g/mol. The van der Waals surface area contributed by atoms with Crippen molar-refractivity contribution in [3.63, 3.8) is 0 Å². The molecule has 117 heavy (non-hydrogen) atoms. The summed E-state index contributed by atoms with van der Waals surface area (Å²) in [6.45, 7) is 13.4. The van der Waals surface area contributed by atoms with Gasteiger partial charge in [-0.3, -0.25) is 81.7 Å². The highest BCUT2D eigenvalue weighted by Crippen LogP contribution is 2.16. The predicted molar refractivity (Wildman–Crippen MR) is 423 cm³/mol. The molecule has 0 unspecified atom stereocenters. The number of carboxylic acid groups (broad SMARTS) is 2. The van der Waals surface area contributed by atoms with E-state index in [1.165, 1.54) is 32.5 Å². The molecule has 0 saturated carbocycles. The molecule has 18 atom stereocenters. The molecule has 0 aromatic rings. The second-order valence-corrected chi connectivity index (χ2v) is 30.6. The number of aliphatic hydroxyl groups is 6. The van der Waals surface area contributed by atoms with Crippen molar-refractivity contribution in [1.82, 2.24) is 79.8 Å². The molecule has 0 aliphatic rings. The van der Waals surface area contributed by atoms with E-state index in [0.29, 0.717) is 12.8 Å². The minimum atomic E-state index is -1.96. The Kier molecular flexibility index (Phi) is 51.2. The van der Waals surface area contributed by atoms with Crippen LogP contribution in [0.25, 0.3) is 0 Å². The fourth-order valence-corrected chi connectivity index (χ4v) is 11.5. The number of aliphatic carboxylic acids is 2. The molecule has 0 saturated heterocycles. The number of thioether (sulfide) groups is 1. The molecule has 0 aromatic carbocycles. The lowest BCUT2D eigenvalue weighted by Gasteiger charge is -2.31. The van der Waals surface area contributed by atoms with Crippen molar-refractivity contribution in [2.45, 2.75) is 250 Å². The maximum absolute atomic E-state index is 14.3. The topological polar surface area (TPSA) is 749 Å². The second-order valence-electron chi connectivity index (χ2n) is 29.7. The van der Waals surface area contributed by atoms with Crippen molar-refractivity contribution in [3.05, 3.63) is 0 Å². The quantitative estimate of drug-likeness (QED) is 0.0153. The van der Waals surface area contributed by atoms with E-state index < -0.39 is 261 Å². The third-order valence-electron chi connectivity index (χ3n) is 17.9. The van der Waals surface area contributed by atoms with E-state index in [1.54, 1.807) is 54.7 Å². The summed E-state index contributed by atoms with van der Waals surface area (Å²) in [7, 11) is 0. The molecule has 0 radical (unpaired) electrons. The van der Waals surface area contributed by atoms with Gasteiger partial charge in [0.25, 0.3) is 0 Å². The Morgan fingerprint density at radius 1 is 0.393 bits per heavy atom. The number of carbonyl (C=O) groups excluding carboxylic acids is 15. The first-order chi connectivity index (χ1) is 54.7. The van der Waals surface area contributed by atoms with Crippen LogP contribution >= 0.6 is 11.8 Å². The van der Waals surface area contributed by atoms with Crippen molar-refractivity contribution in [1.29, 1.82) is 0 Å². The van der Waals surface area contributed by atoms with Crippen molar-refractivity contribution in [3.8, 4) is 0 Å². The van der Waals surface area contributed by atoms with Crippen LogP contribution in [0.4, 0.5) is 0 Å². The zero-order chi connectivity index (χ0) is 89.8. The number of aliphatic hydroxyl groups excluding tert-OH is 6. The third kappa shape index (κ3) is 40.3. The Morgan fingerprint density at radius 2 is 0.744 bits per heavy atom. The number of carbonyl (C=O) groups is 17. The molecular formula is C71H128N20O25S. The van der Waals surface area contributed by atoms with Gasteiger partial charge in [0.15, 0.2) is 5.96 Å². The number of guanidine groups is 1. The molecule has 0 aliphatic heterocycles. The fourth-order valence-electron chi connectivity index (χ4n) is 11.0. The van der Waals surface area contributed by atoms with Gasteiger partial charge in [0.2, 0.25) is 88.6 Å². The fraction of sp³-hybridized carbons (Fsp3) is 0.746. The highest BCUT2D eigenvalue weighted by molar-refractivity contribution is 7.98. The maximum Gasteiger partial charge on any atom is 0.326 e. The summed E-state index contributed by atoms with van der Waals surface area (Å²) in [5, 5.41) is 116. The average Bonchev–Trinajstić information content (AvgIpc) is 0.839. The van der Waals surface area contributed by atoms with E-state index in [-0.39, 0.29) is 81.6 Å². The van der Waals surface area contributed by atoms with Gasteiger partial charge in [-0.25, -0.2) is 4.79 Å². The van der Waals surface area contributed by atoms with E-state index in [2.05, 4.69) is 84.7 Å². The van der Waals surface area contributed by atoms with Crippen LogP contribution in [-0.4, -0.2) is 308 Å². The summed E-state index contributed by atoms with van der Waals surface area (Å²) in [5.74, 6) is -22.1. The van der Waals surface area contributed by atoms with Crippen LogP contribution in [0.2, 0.25) is 0 Å². The molecule has 15 amide bonds. The number of nitrogens with one attached hydrogen (secondary N) is 15. The van der Waals surface area contributed by atoms with Crippen molar-refractivity contribution in [2.24, 2.45) is 57.5 Å². The van der Waals surface area contributed by atoms with Crippen LogP contribution in [0.15, 0.2) is 4.99 Å². The van der Waals surface area contributed by atoms with E-state index in [1.807, 2.05) is 0 Å². The lowest BCUT2D eigenvalue weighted by Crippen LogP contribution is -2.64. The molecule has 31 N–H and O–H groups in total. The SMILES string of the molecule is CC[C@H](C)[C@H](NC(=O)[C@@H](NC(=O)[C@@H](NC(=O)[C@H](CCSC)NC(=O)[C@@H](NC(=O)[C@H](CC(C)C)NC(=O)CNC(=O)[C@H](CC(=O)O)NC(=O)[C@H](CC(C)C)NC(=O)[C@@H](NC(=O)[C@H](CCCN=C(N)N)NC(=O)[C@@H](N)CO)C(C)C)C(C)C)[C@@H](C)O)[C@@H](C)O)C(=O)N[C@@H](CO)C(=O)N[C@@H](CO)C(=O)N[C@@H](CO)C(=O)N[C@@H](CCCCN)C(=O)O. The molecule has 0 spiro atoms. The molecule has 0 rings (SSSR count). The Morgan fingerprint density at radius 3 is 1.15 bits per heavy atom. The predicted octanol–water partition coefficient (Wildman–Crippen LogP) is -10.1. The lowest BCUT2D eigenvalue weighted by atomic mass is 9.97. The number of rotatable bonds is 58. The van der Waals surface area contributed by atoms with Gasteiger partial charge in [0, 0.05) is 6.54 Å². The van der Waals surface area contributed by atoms with Crippen LogP contribution in [0, 0.1) is 29.6 Å². The standard InChI is InChI=1S/C71H128N20O25S/c1-14-36(10)53(67(112)86-48(31-95)64(109)85-47(30-94)63(108)84-46(29-93)62(107)81-42(70(115)116)18-15-16-21-72)89-68(113)55(38(12)97)91-69(114)54(37(11)96)90-59(104)41(20-23-117-13)80-65(110)51(34(6)7)88-61(106)43(24-32(2)3)78-49(98)27-77-57(102)45(26-50(99)100)82-60(105)44(25-33(4)5)83-66(111)52(35(8)9)87-58(103)40(19-17-22-76-71(74)75)79-56(101)39(73)28-92/h32-48,51-55,92-97H,14-31,72-73H2,1-13H3,(H,77,102)(H,78,98)(H,79,101)(H,80,110)(H,81,107)(H,82,105)(H,83,111)(H,84,108)(H,85,109)(H,86,112)(H,87,103)(H,88,106)(H,89,113)(H,90,104)(H,91,114)(H,99,100)(H,115,116)(H4,74,75,76)/t36-,37+,38+,39-,40-,41-,42-,43-,44-,45-,46-,47-,48-,51-,52-,53-,54-,55-/m0/s1. The maximum atomic E-state index is 14.3. The number of hydrogen-bond donors (Lipinski definition) is 27. The summed E-state index contributed by atoms with van der Waals surface area (Å²) >= 11 is 1.24. The first kappa shape index (κ1) is 107. The van der Waals surface area contributed by atoms with Crippen LogP contribution in [-0.2, 0) is 81.5 Å². The van der Waals surface area contributed by atoms with Gasteiger partial charge in [-0.2, -0.15) is 11.8 Å². The third-order valence-corrected chi connectivity index (χ3v) is 18.6. The van der Waals surface area contributed by atoms with Gasteiger partial charge in [-0.15, -0.1) is 0 Å². The number of aliphatic imine (C=N–C) groups is 1. The normalized spacial score (nSPS) is 15.9. The van der Waals surface area contributed by atoms with Gasteiger partial charge in [0.05, 0.1) is 51.6 Å². The number of hydrogen-bond acceptors (Lipinski definition) is 27. The van der Waals surface area contributed by atoms with Gasteiger partial charge in [-0.1, -0.05) is 75.7 Å². The zero-order valence-electron chi connectivity index (χ0n) is 68.6. The summed E-state index contributed by atoms with van der Waals surface area (Å²) < 4.78 is 0. The van der Waals surface area contributed by atoms with Crippen molar-refractivity contribution < 1.29 is 122 Å². The molecule has 0 fully saturated rings. The van der Waals surface area contributed by atoms with Gasteiger partial charge >= 0.3 is 11.9 Å². The van der Waals surface area contributed by atoms with Gasteiger partial charge < -0.3 is 144 Å². The summed E-state index contributed by atoms with van der Waals surface area (Å²) in [4.78, 5) is 234. The minimum absolute atomic E-state index is 0.0488. The van der Waals surface area contributed by atoms with Crippen LogP contribution in [0.5, 0.6) is 0 Å². The summed E-state index contributed by atoms with van der Waals surface area (Å²) in [6, 6.07) is -24.4. The minimum Gasteiger partial charge on any atom is -0.481 e. The largest absolute Gasteiger partial charge is 0.481 e. The van der Waals surface area contributed by atoms with E-state index >= 15 is 0 Å². The first-order valence-electron chi connectivity index (χ1n) is 38.5. The Balaban J connectivity index is 6.61. The number of amides is 15. The van der Waals surface area contributed by atoms with Crippen LogP contribution in [0.1, 0.15) is 147 Å². The Labute approximate surface area is 683 Å². The highest BCUT2D eigenvalue weighted by Gasteiger charge is 2.41. The second kappa shape index (κ2) is 55.8. The smallest absolute Gasteiger partial charge is 0.326 e. The Hall–Kier alpha value is -9.71. The summed E-state index contributed by atoms with van der Waals surface area (Å²) in [6.07, 6.45) is -2.30. The van der Waals surface area contributed by atoms with E-state index in [9.17, 15) is 122 Å². The summed E-state index contributed by atoms with van der Waals surface area (Å²) in [5.41, 5.74) is 21.9. The average molecular weight is 1690 g/mol. The van der Waals surface area contributed by atoms with Gasteiger partial charge in [0.1, 0.15) is 90.6 Å². The van der Waals surface area contributed by atoms with Gasteiger partial charge in [-0.05, 0) is 113 Å². The molecule has 0 aromatic heterocycles. The van der Waals surface area contributed by atoms with Crippen molar-refractivity contribution >= 4 is 118 Å². The van der Waals surface area contributed by atoms with E-state index in [4.69, 9.17) is 22.9 Å².